The molecule has 0 radical (unpaired) electrons. The molecule has 0 aromatic heterocycles. The molecular weight excluding hydrogens is 308 g/mol. The van der Waals surface area contributed by atoms with Gasteiger partial charge < -0.3 is 10.2 Å². The Morgan fingerprint density at radius 1 is 1.26 bits per heavy atom. The van der Waals surface area contributed by atoms with Gasteiger partial charge in [-0.15, -0.1) is 0 Å². The fourth-order valence-corrected chi connectivity index (χ4v) is 2.01. The Morgan fingerprint density at radius 3 is 2.21 bits per heavy atom. The van der Waals surface area contributed by atoms with Crippen molar-refractivity contribution in [1.82, 2.24) is 10.2 Å². The van der Waals surface area contributed by atoms with Crippen molar-refractivity contribution in [3.05, 3.63) is 35.4 Å². The highest BCUT2D eigenvalue weighted by molar-refractivity contribution is 9.10. The zero-order chi connectivity index (χ0) is 14.6. The molecule has 0 atom stereocenters. The van der Waals surface area contributed by atoms with Gasteiger partial charge in [0.2, 0.25) is 5.91 Å². The highest BCUT2D eigenvalue weighted by atomic mass is 79.9. The molecule has 4 nitrogen and oxygen atoms in total. The van der Waals surface area contributed by atoms with E-state index in [4.69, 9.17) is 0 Å². The Balaban J connectivity index is 2.73. The SMILES string of the molecule is CNC(=O)c1ccc(CN(C)C(=O)C(C)(C)Br)cc1. The second kappa shape index (κ2) is 6.19. The van der Waals surface area contributed by atoms with Gasteiger partial charge in [-0.1, -0.05) is 28.1 Å². The summed E-state index contributed by atoms with van der Waals surface area (Å²) < 4.78 is -0.566. The maximum absolute atomic E-state index is 12.0. The summed E-state index contributed by atoms with van der Waals surface area (Å²) in [6.45, 7) is 4.16. The van der Waals surface area contributed by atoms with Crippen LogP contribution in [0.1, 0.15) is 29.8 Å². The zero-order valence-corrected chi connectivity index (χ0v) is 13.2. The van der Waals surface area contributed by atoms with Gasteiger partial charge in [0.15, 0.2) is 0 Å². The third kappa shape index (κ3) is 4.35. The number of alkyl halides is 1. The maximum atomic E-state index is 12.0. The quantitative estimate of drug-likeness (QED) is 0.862. The van der Waals surface area contributed by atoms with E-state index in [1.165, 1.54) is 0 Å². The molecule has 1 N–H and O–H groups in total. The number of hydrogen-bond donors (Lipinski definition) is 1. The van der Waals surface area contributed by atoms with Crippen molar-refractivity contribution in [3.63, 3.8) is 0 Å². The van der Waals surface area contributed by atoms with Crippen LogP contribution in [0.5, 0.6) is 0 Å². The van der Waals surface area contributed by atoms with Gasteiger partial charge in [-0.25, -0.2) is 0 Å². The van der Waals surface area contributed by atoms with Crippen molar-refractivity contribution in [2.75, 3.05) is 14.1 Å². The standard InChI is InChI=1S/C14H19BrN2O2/c1-14(2,15)13(19)17(4)9-10-5-7-11(8-6-10)12(18)16-3/h5-8H,9H2,1-4H3,(H,16,18). The summed E-state index contributed by atoms with van der Waals surface area (Å²) in [7, 11) is 3.36. The number of carbonyl (C=O) groups is 2. The molecule has 0 unspecified atom stereocenters. The first-order valence-corrected chi connectivity index (χ1v) is 6.80. The van der Waals surface area contributed by atoms with E-state index in [0.717, 1.165) is 5.56 Å². The summed E-state index contributed by atoms with van der Waals surface area (Å²) in [6.07, 6.45) is 0. The number of rotatable bonds is 4. The van der Waals surface area contributed by atoms with Gasteiger partial charge >= 0.3 is 0 Å². The second-order valence-electron chi connectivity index (χ2n) is 4.91. The normalized spacial score (nSPS) is 11.0. The van der Waals surface area contributed by atoms with Crippen molar-refractivity contribution in [3.8, 4) is 0 Å². The molecule has 0 bridgehead atoms. The van der Waals surface area contributed by atoms with Crippen LogP contribution < -0.4 is 5.32 Å². The van der Waals surface area contributed by atoms with E-state index >= 15 is 0 Å². The molecule has 1 rings (SSSR count). The number of carbonyl (C=O) groups excluding carboxylic acids is 2. The van der Waals surface area contributed by atoms with Crippen LogP contribution in [0.4, 0.5) is 0 Å². The molecule has 0 aliphatic carbocycles. The van der Waals surface area contributed by atoms with E-state index in [2.05, 4.69) is 21.2 Å². The van der Waals surface area contributed by atoms with Gasteiger partial charge in [0.25, 0.3) is 5.91 Å². The fourth-order valence-electron chi connectivity index (χ4n) is 1.71. The first-order valence-electron chi connectivity index (χ1n) is 6.01. The lowest BCUT2D eigenvalue weighted by Crippen LogP contribution is -2.38. The average Bonchev–Trinajstić information content (AvgIpc) is 2.36. The summed E-state index contributed by atoms with van der Waals surface area (Å²) in [5.74, 6) is -0.0968. The van der Waals surface area contributed by atoms with Crippen LogP contribution in [-0.4, -0.2) is 35.1 Å². The lowest BCUT2D eigenvalue weighted by atomic mass is 10.1. The lowest BCUT2D eigenvalue weighted by molar-refractivity contribution is -0.131. The van der Waals surface area contributed by atoms with Crippen LogP contribution in [0.15, 0.2) is 24.3 Å². The van der Waals surface area contributed by atoms with E-state index in [1.54, 1.807) is 31.1 Å². The summed E-state index contributed by atoms with van der Waals surface area (Å²) in [6, 6.07) is 7.22. The summed E-state index contributed by atoms with van der Waals surface area (Å²) in [5, 5.41) is 2.57. The monoisotopic (exact) mass is 326 g/mol. The van der Waals surface area contributed by atoms with Crippen LogP contribution in [0.3, 0.4) is 0 Å². The van der Waals surface area contributed by atoms with Crippen LogP contribution in [0.2, 0.25) is 0 Å². The molecular formula is C14H19BrN2O2. The van der Waals surface area contributed by atoms with Crippen molar-refractivity contribution in [2.24, 2.45) is 0 Å². The van der Waals surface area contributed by atoms with Crippen molar-refractivity contribution >= 4 is 27.7 Å². The minimum Gasteiger partial charge on any atom is -0.355 e. The van der Waals surface area contributed by atoms with Gasteiger partial charge in [-0.05, 0) is 31.5 Å². The second-order valence-corrected chi connectivity index (χ2v) is 6.89. The van der Waals surface area contributed by atoms with Crippen LogP contribution in [0.25, 0.3) is 0 Å². The Hall–Kier alpha value is -1.36. The Morgan fingerprint density at radius 2 is 1.79 bits per heavy atom. The molecule has 2 amide bonds. The molecule has 104 valence electrons. The summed E-state index contributed by atoms with van der Waals surface area (Å²) in [4.78, 5) is 25.1. The Labute approximate surface area is 122 Å². The van der Waals surface area contributed by atoms with Crippen molar-refractivity contribution in [1.29, 1.82) is 0 Å². The first-order chi connectivity index (χ1) is 8.75. The van der Waals surface area contributed by atoms with E-state index < -0.39 is 4.32 Å². The molecule has 0 aliphatic rings. The number of benzene rings is 1. The number of halogens is 1. The van der Waals surface area contributed by atoms with E-state index in [9.17, 15) is 9.59 Å². The minimum atomic E-state index is -0.566. The molecule has 5 heteroatoms. The number of hydrogen-bond acceptors (Lipinski definition) is 2. The van der Waals surface area contributed by atoms with Gasteiger partial charge in [0.05, 0.1) is 4.32 Å². The maximum Gasteiger partial charge on any atom is 0.251 e. The third-order valence-electron chi connectivity index (χ3n) is 2.72. The first kappa shape index (κ1) is 15.7. The molecule has 0 heterocycles. The average molecular weight is 327 g/mol. The molecule has 1 aromatic carbocycles. The van der Waals surface area contributed by atoms with Crippen LogP contribution in [-0.2, 0) is 11.3 Å². The van der Waals surface area contributed by atoms with Gasteiger partial charge in [0, 0.05) is 26.2 Å². The van der Waals surface area contributed by atoms with Crippen LogP contribution in [0, 0.1) is 0 Å². The Kier molecular flexibility index (Phi) is 5.11. The van der Waals surface area contributed by atoms with E-state index in [-0.39, 0.29) is 11.8 Å². The predicted molar refractivity (Wildman–Crippen MR) is 79.3 cm³/mol. The third-order valence-corrected chi connectivity index (χ3v) is 3.06. The summed E-state index contributed by atoms with van der Waals surface area (Å²) in [5.41, 5.74) is 1.60. The predicted octanol–water partition coefficient (Wildman–Crippen LogP) is 2.18. The van der Waals surface area contributed by atoms with Crippen molar-refractivity contribution < 1.29 is 9.59 Å². The van der Waals surface area contributed by atoms with Gasteiger partial charge in [-0.2, -0.15) is 0 Å². The smallest absolute Gasteiger partial charge is 0.251 e. The zero-order valence-electron chi connectivity index (χ0n) is 11.7. The molecule has 0 spiro atoms. The Bertz CT molecular complexity index is 463. The number of nitrogens with one attached hydrogen (secondary N) is 1. The lowest BCUT2D eigenvalue weighted by Gasteiger charge is -2.24. The molecule has 0 fully saturated rings. The number of nitrogens with zero attached hydrogens (tertiary/aromatic N) is 1. The number of amides is 2. The highest BCUT2D eigenvalue weighted by Crippen LogP contribution is 2.19. The minimum absolute atomic E-state index is 0.0166. The van der Waals surface area contributed by atoms with E-state index in [0.29, 0.717) is 12.1 Å². The highest BCUT2D eigenvalue weighted by Gasteiger charge is 2.26. The largest absolute Gasteiger partial charge is 0.355 e. The van der Waals surface area contributed by atoms with Gasteiger partial charge in [-0.3, -0.25) is 9.59 Å². The molecule has 0 aliphatic heterocycles. The summed E-state index contributed by atoms with van der Waals surface area (Å²) >= 11 is 3.35. The molecule has 1 aromatic rings. The molecule has 19 heavy (non-hydrogen) atoms. The topological polar surface area (TPSA) is 49.4 Å². The van der Waals surface area contributed by atoms with Crippen LogP contribution >= 0.6 is 15.9 Å². The molecule has 0 saturated carbocycles. The van der Waals surface area contributed by atoms with Crippen molar-refractivity contribution in [2.45, 2.75) is 24.7 Å². The van der Waals surface area contributed by atoms with Gasteiger partial charge in [0.1, 0.15) is 0 Å². The fraction of sp³-hybridized carbons (Fsp3) is 0.429. The van der Waals surface area contributed by atoms with E-state index in [1.807, 2.05) is 26.0 Å². The molecule has 0 saturated heterocycles.